The molecule has 0 unspecified atom stereocenters. The number of rotatable bonds is 0. The average Bonchev–Trinajstić information content (AvgIpc) is 2.56. The first-order valence-electron chi connectivity index (χ1n) is 5.23. The normalized spacial score (nSPS) is 13.9. The Kier molecular flexibility index (Phi) is 1.55. The molecule has 15 heavy (non-hydrogen) atoms. The van der Waals surface area contributed by atoms with E-state index in [1.807, 2.05) is 13.0 Å². The third kappa shape index (κ3) is 1.01. The molecule has 2 aromatic rings. The van der Waals surface area contributed by atoms with Gasteiger partial charge in [-0.25, -0.2) is 0 Å². The van der Waals surface area contributed by atoms with Gasteiger partial charge in [0.2, 0.25) is 0 Å². The van der Waals surface area contributed by atoms with E-state index in [2.05, 4.69) is 25.1 Å². The van der Waals surface area contributed by atoms with Gasteiger partial charge in [-0.1, -0.05) is 24.3 Å². The van der Waals surface area contributed by atoms with Crippen molar-refractivity contribution in [2.45, 2.75) is 20.3 Å². The van der Waals surface area contributed by atoms with Crippen molar-refractivity contribution in [2.24, 2.45) is 0 Å². The van der Waals surface area contributed by atoms with Gasteiger partial charge in [-0.2, -0.15) is 0 Å². The monoisotopic (exact) mass is 196 g/mol. The highest BCUT2D eigenvalue weighted by molar-refractivity contribution is 6.17. The average molecular weight is 196 g/mol. The smallest absolute Gasteiger partial charge is 0.168 e. The van der Waals surface area contributed by atoms with Gasteiger partial charge in [0, 0.05) is 12.0 Å². The zero-order chi connectivity index (χ0) is 10.6. The lowest BCUT2D eigenvalue weighted by Gasteiger charge is -2.05. The second kappa shape index (κ2) is 2.69. The first-order chi connectivity index (χ1) is 7.18. The fraction of sp³-hybridized carbons (Fsp3) is 0.214. The molecule has 0 atom stereocenters. The molecule has 0 N–H and O–H groups in total. The molecule has 1 nitrogen and oxygen atoms in total. The third-order valence-corrected chi connectivity index (χ3v) is 3.35. The van der Waals surface area contributed by atoms with Gasteiger partial charge in [-0.05, 0) is 41.3 Å². The van der Waals surface area contributed by atoms with E-state index >= 15 is 0 Å². The Labute approximate surface area is 88.7 Å². The number of benzene rings is 2. The molecule has 74 valence electrons. The van der Waals surface area contributed by atoms with Crippen LogP contribution < -0.4 is 0 Å². The molecule has 0 bridgehead atoms. The van der Waals surface area contributed by atoms with Crippen molar-refractivity contribution in [1.29, 1.82) is 0 Å². The van der Waals surface area contributed by atoms with E-state index in [0.717, 1.165) is 11.1 Å². The van der Waals surface area contributed by atoms with Gasteiger partial charge in [0.05, 0.1) is 0 Å². The van der Waals surface area contributed by atoms with Crippen LogP contribution in [0.4, 0.5) is 0 Å². The SMILES string of the molecule is Cc1ccc2ccc(C)c3c2c1CC3=O. The zero-order valence-corrected chi connectivity index (χ0v) is 8.92. The second-order valence-electron chi connectivity index (χ2n) is 4.32. The van der Waals surface area contributed by atoms with E-state index in [1.165, 1.54) is 21.9 Å². The van der Waals surface area contributed by atoms with E-state index in [-0.39, 0.29) is 5.78 Å². The molecular formula is C14H12O. The molecule has 1 aliphatic carbocycles. The van der Waals surface area contributed by atoms with E-state index in [0.29, 0.717) is 6.42 Å². The lowest BCUT2D eigenvalue weighted by atomic mass is 9.99. The summed E-state index contributed by atoms with van der Waals surface area (Å²) in [7, 11) is 0. The Morgan fingerprint density at radius 1 is 1.00 bits per heavy atom. The molecule has 0 aromatic heterocycles. The lowest BCUT2D eigenvalue weighted by molar-refractivity contribution is 0.0999. The topological polar surface area (TPSA) is 17.1 Å². The van der Waals surface area contributed by atoms with Crippen LogP contribution in [-0.4, -0.2) is 5.78 Å². The zero-order valence-electron chi connectivity index (χ0n) is 8.92. The van der Waals surface area contributed by atoms with Crippen molar-refractivity contribution in [1.82, 2.24) is 0 Å². The van der Waals surface area contributed by atoms with Crippen molar-refractivity contribution in [2.75, 3.05) is 0 Å². The number of carbonyl (C=O) groups is 1. The van der Waals surface area contributed by atoms with Crippen molar-refractivity contribution in [3.63, 3.8) is 0 Å². The van der Waals surface area contributed by atoms with E-state index < -0.39 is 0 Å². The Morgan fingerprint density at radius 3 is 2.40 bits per heavy atom. The summed E-state index contributed by atoms with van der Waals surface area (Å²) in [5, 5.41) is 2.39. The highest BCUT2D eigenvalue weighted by Crippen LogP contribution is 2.34. The van der Waals surface area contributed by atoms with Gasteiger partial charge in [0.1, 0.15) is 0 Å². The summed E-state index contributed by atoms with van der Waals surface area (Å²) in [6.45, 7) is 4.10. The van der Waals surface area contributed by atoms with Gasteiger partial charge < -0.3 is 0 Å². The van der Waals surface area contributed by atoms with Crippen molar-refractivity contribution >= 4 is 16.6 Å². The Hall–Kier alpha value is -1.63. The summed E-state index contributed by atoms with van der Waals surface area (Å²) >= 11 is 0. The Morgan fingerprint density at radius 2 is 1.67 bits per heavy atom. The maximum Gasteiger partial charge on any atom is 0.168 e. The Balaban J connectivity index is 2.59. The summed E-state index contributed by atoms with van der Waals surface area (Å²) in [5.74, 6) is 0.280. The molecule has 0 fully saturated rings. The molecule has 0 amide bonds. The van der Waals surface area contributed by atoms with E-state index in [1.54, 1.807) is 0 Å². The maximum absolute atomic E-state index is 11.9. The molecule has 0 heterocycles. The van der Waals surface area contributed by atoms with E-state index in [9.17, 15) is 4.79 Å². The molecular weight excluding hydrogens is 184 g/mol. The van der Waals surface area contributed by atoms with Crippen LogP contribution in [0.15, 0.2) is 24.3 Å². The first-order valence-corrected chi connectivity index (χ1v) is 5.23. The highest BCUT2D eigenvalue weighted by atomic mass is 16.1. The number of aryl methyl sites for hydroxylation is 2. The van der Waals surface area contributed by atoms with Gasteiger partial charge in [-0.15, -0.1) is 0 Å². The quantitative estimate of drug-likeness (QED) is 0.632. The van der Waals surface area contributed by atoms with Gasteiger partial charge in [0.25, 0.3) is 0 Å². The Bertz CT molecular complexity index is 589. The maximum atomic E-state index is 11.9. The number of hydrogen-bond acceptors (Lipinski definition) is 1. The summed E-state index contributed by atoms with van der Waals surface area (Å²) in [4.78, 5) is 11.9. The second-order valence-corrected chi connectivity index (χ2v) is 4.32. The molecule has 0 saturated carbocycles. The minimum absolute atomic E-state index is 0.280. The van der Waals surface area contributed by atoms with E-state index in [4.69, 9.17) is 0 Å². The van der Waals surface area contributed by atoms with Gasteiger partial charge in [0.15, 0.2) is 5.78 Å². The van der Waals surface area contributed by atoms with Crippen LogP contribution >= 0.6 is 0 Å². The lowest BCUT2D eigenvalue weighted by Crippen LogP contribution is -1.96. The molecule has 1 aliphatic rings. The van der Waals surface area contributed by atoms with Gasteiger partial charge >= 0.3 is 0 Å². The molecule has 0 aliphatic heterocycles. The summed E-state index contributed by atoms with van der Waals surface area (Å²) < 4.78 is 0. The van der Waals surface area contributed by atoms with Crippen LogP contribution in [0.1, 0.15) is 27.0 Å². The molecule has 0 saturated heterocycles. The van der Waals surface area contributed by atoms with Crippen LogP contribution in [0, 0.1) is 13.8 Å². The van der Waals surface area contributed by atoms with Crippen LogP contribution in [0.2, 0.25) is 0 Å². The van der Waals surface area contributed by atoms with Crippen LogP contribution in [-0.2, 0) is 6.42 Å². The number of hydrogen-bond donors (Lipinski definition) is 0. The fourth-order valence-electron chi connectivity index (χ4n) is 2.54. The molecule has 0 radical (unpaired) electrons. The molecule has 3 rings (SSSR count). The third-order valence-electron chi connectivity index (χ3n) is 3.35. The summed E-state index contributed by atoms with van der Waals surface area (Å²) in [5.41, 5.74) is 4.53. The summed E-state index contributed by atoms with van der Waals surface area (Å²) in [6, 6.07) is 8.36. The minimum atomic E-state index is 0.280. The minimum Gasteiger partial charge on any atom is -0.294 e. The van der Waals surface area contributed by atoms with Crippen molar-refractivity contribution < 1.29 is 4.79 Å². The predicted molar refractivity (Wildman–Crippen MR) is 61.5 cm³/mol. The van der Waals surface area contributed by atoms with Crippen LogP contribution in [0.3, 0.4) is 0 Å². The summed E-state index contributed by atoms with van der Waals surface area (Å²) in [6.07, 6.45) is 0.587. The highest BCUT2D eigenvalue weighted by Gasteiger charge is 2.24. The number of ketones is 1. The van der Waals surface area contributed by atoms with Crippen LogP contribution in [0.5, 0.6) is 0 Å². The van der Waals surface area contributed by atoms with Crippen molar-refractivity contribution in [3.05, 3.63) is 46.5 Å². The van der Waals surface area contributed by atoms with Crippen molar-refractivity contribution in [3.8, 4) is 0 Å². The van der Waals surface area contributed by atoms with Gasteiger partial charge in [-0.3, -0.25) is 4.79 Å². The molecule has 1 heteroatoms. The number of Topliss-reactive ketones (excluding diaryl/α,β-unsaturated/α-hetero) is 1. The largest absolute Gasteiger partial charge is 0.294 e. The predicted octanol–water partition coefficient (Wildman–Crippen LogP) is 3.20. The van der Waals surface area contributed by atoms with Crippen LogP contribution in [0.25, 0.3) is 10.8 Å². The molecule has 2 aromatic carbocycles. The first kappa shape index (κ1) is 8.66. The number of carbonyl (C=O) groups excluding carboxylic acids is 1. The standard InChI is InChI=1S/C14H12O/c1-8-3-5-10-6-4-9(2)13-12(15)7-11(8)14(10)13/h3-6H,7H2,1-2H3. The fourth-order valence-corrected chi connectivity index (χ4v) is 2.54. The molecule has 0 spiro atoms.